The maximum absolute atomic E-state index is 13.8. The minimum atomic E-state index is -0.793. The summed E-state index contributed by atoms with van der Waals surface area (Å²) in [5, 5.41) is 10.6. The molecular formula is C27H24N2O5. The Morgan fingerprint density at radius 1 is 1.06 bits per heavy atom. The summed E-state index contributed by atoms with van der Waals surface area (Å²) in [5.74, 6) is 0.214. The van der Waals surface area contributed by atoms with Crippen molar-refractivity contribution in [2.75, 3.05) is 11.5 Å². The lowest BCUT2D eigenvalue weighted by molar-refractivity contribution is 0.0970. The summed E-state index contributed by atoms with van der Waals surface area (Å²) in [6, 6.07) is 11.3. The normalized spacial score (nSPS) is 15.1. The molecule has 172 valence electrons. The fraction of sp³-hybridized carbons (Fsp3) is 0.222. The summed E-state index contributed by atoms with van der Waals surface area (Å²) in [6.07, 6.45) is 1.62. The van der Waals surface area contributed by atoms with E-state index in [2.05, 4.69) is 4.98 Å². The largest absolute Gasteiger partial charge is 0.504 e. The fourth-order valence-corrected chi connectivity index (χ4v) is 4.40. The number of hydrogen-bond acceptors (Lipinski definition) is 6. The van der Waals surface area contributed by atoms with Crippen LogP contribution in [0, 0.1) is 20.8 Å². The molecule has 3 heterocycles. The molecule has 4 aromatic rings. The topological polar surface area (TPSA) is 92.9 Å². The third kappa shape index (κ3) is 3.32. The number of amides is 1. The minimum Gasteiger partial charge on any atom is -0.504 e. The van der Waals surface area contributed by atoms with E-state index in [-0.39, 0.29) is 28.3 Å². The molecule has 1 unspecified atom stereocenters. The van der Waals surface area contributed by atoms with E-state index in [4.69, 9.17) is 9.15 Å². The van der Waals surface area contributed by atoms with Crippen LogP contribution in [0.15, 0.2) is 57.9 Å². The van der Waals surface area contributed by atoms with Gasteiger partial charge in [0.25, 0.3) is 5.91 Å². The number of benzene rings is 2. The Hall–Kier alpha value is -4.13. The van der Waals surface area contributed by atoms with Gasteiger partial charge in [-0.1, -0.05) is 6.07 Å². The Bertz CT molecular complexity index is 1520. The van der Waals surface area contributed by atoms with Crippen LogP contribution in [0.1, 0.15) is 51.3 Å². The lowest BCUT2D eigenvalue weighted by Crippen LogP contribution is -2.30. The van der Waals surface area contributed by atoms with Gasteiger partial charge >= 0.3 is 0 Å². The second-order valence-electron chi connectivity index (χ2n) is 8.54. The molecule has 0 fully saturated rings. The fourth-order valence-electron chi connectivity index (χ4n) is 4.40. The number of aromatic nitrogens is 1. The number of fused-ring (bicyclic) bond motifs is 2. The maximum atomic E-state index is 13.8. The van der Waals surface area contributed by atoms with Crippen LogP contribution in [-0.2, 0) is 0 Å². The number of carbonyl (C=O) groups excluding carboxylic acids is 1. The van der Waals surface area contributed by atoms with Gasteiger partial charge in [-0.15, -0.1) is 0 Å². The molecule has 1 atom stereocenters. The molecule has 0 bridgehead atoms. The van der Waals surface area contributed by atoms with Gasteiger partial charge in [-0.3, -0.25) is 14.5 Å². The first kappa shape index (κ1) is 21.7. The third-order valence-corrected chi connectivity index (χ3v) is 6.23. The Morgan fingerprint density at radius 3 is 2.56 bits per heavy atom. The van der Waals surface area contributed by atoms with Crippen molar-refractivity contribution in [1.29, 1.82) is 0 Å². The molecule has 1 aliphatic heterocycles. The summed E-state index contributed by atoms with van der Waals surface area (Å²) in [7, 11) is 0. The van der Waals surface area contributed by atoms with Crippen molar-refractivity contribution < 1.29 is 19.1 Å². The number of aromatic hydroxyl groups is 1. The molecule has 5 rings (SSSR count). The SMILES string of the molecule is CCOc1cc(C2c3c(oc4cc(C)c(C)cc4c3=O)C(=O)N2c2cc(C)ccn2)ccc1O. The molecular weight excluding hydrogens is 432 g/mol. The lowest BCUT2D eigenvalue weighted by atomic mass is 9.97. The highest BCUT2D eigenvalue weighted by Crippen LogP contribution is 2.42. The molecule has 0 saturated carbocycles. The molecule has 2 aromatic carbocycles. The molecule has 34 heavy (non-hydrogen) atoms. The molecule has 1 aliphatic rings. The van der Waals surface area contributed by atoms with Crippen LogP contribution in [0.25, 0.3) is 11.0 Å². The number of phenols is 1. The zero-order valence-corrected chi connectivity index (χ0v) is 19.4. The average molecular weight is 456 g/mol. The van der Waals surface area contributed by atoms with E-state index in [1.54, 1.807) is 36.5 Å². The predicted octanol–water partition coefficient (Wildman–Crippen LogP) is 4.97. The number of anilines is 1. The van der Waals surface area contributed by atoms with Gasteiger partial charge in [-0.25, -0.2) is 4.98 Å². The Morgan fingerprint density at radius 2 is 1.82 bits per heavy atom. The third-order valence-electron chi connectivity index (χ3n) is 6.23. The van der Waals surface area contributed by atoms with E-state index in [9.17, 15) is 14.7 Å². The lowest BCUT2D eigenvalue weighted by Gasteiger charge is -2.25. The number of pyridine rings is 1. The van der Waals surface area contributed by atoms with Crippen LogP contribution in [0.4, 0.5) is 5.82 Å². The molecule has 0 spiro atoms. The summed E-state index contributed by atoms with van der Waals surface area (Å²) < 4.78 is 11.6. The van der Waals surface area contributed by atoms with Crippen LogP contribution < -0.4 is 15.1 Å². The summed E-state index contributed by atoms with van der Waals surface area (Å²) in [4.78, 5) is 33.4. The number of rotatable bonds is 4. The monoisotopic (exact) mass is 456 g/mol. The minimum absolute atomic E-state index is 0.0000871. The number of carbonyl (C=O) groups is 1. The second kappa shape index (κ2) is 8.02. The van der Waals surface area contributed by atoms with E-state index >= 15 is 0 Å². The highest BCUT2D eigenvalue weighted by Gasteiger charge is 2.44. The van der Waals surface area contributed by atoms with Crippen LogP contribution in [-0.4, -0.2) is 22.6 Å². The van der Waals surface area contributed by atoms with Gasteiger partial charge < -0.3 is 14.3 Å². The van der Waals surface area contributed by atoms with Crippen LogP contribution >= 0.6 is 0 Å². The number of nitrogens with zero attached hydrogens (tertiary/aromatic N) is 2. The highest BCUT2D eigenvalue weighted by molar-refractivity contribution is 6.10. The summed E-state index contributed by atoms with van der Waals surface area (Å²) in [6.45, 7) is 7.94. The quantitative estimate of drug-likeness (QED) is 0.466. The molecule has 2 aromatic heterocycles. The van der Waals surface area contributed by atoms with Crippen molar-refractivity contribution >= 4 is 22.7 Å². The van der Waals surface area contributed by atoms with Gasteiger partial charge in [0.2, 0.25) is 5.76 Å². The van der Waals surface area contributed by atoms with Gasteiger partial charge in [0, 0.05) is 6.20 Å². The van der Waals surface area contributed by atoms with E-state index in [1.807, 2.05) is 33.8 Å². The summed E-state index contributed by atoms with van der Waals surface area (Å²) >= 11 is 0. The van der Waals surface area contributed by atoms with E-state index in [0.717, 1.165) is 16.7 Å². The first-order valence-corrected chi connectivity index (χ1v) is 11.1. The number of aryl methyl sites for hydroxylation is 3. The van der Waals surface area contributed by atoms with Gasteiger partial charge in [0.05, 0.1) is 23.6 Å². The van der Waals surface area contributed by atoms with Crippen LogP contribution in [0.3, 0.4) is 0 Å². The van der Waals surface area contributed by atoms with Crippen molar-refractivity contribution in [3.63, 3.8) is 0 Å². The van der Waals surface area contributed by atoms with Gasteiger partial charge in [-0.2, -0.15) is 0 Å². The molecule has 0 saturated heterocycles. The first-order chi connectivity index (χ1) is 16.3. The zero-order chi connectivity index (χ0) is 24.1. The zero-order valence-electron chi connectivity index (χ0n) is 19.4. The molecule has 0 aliphatic carbocycles. The maximum Gasteiger partial charge on any atom is 0.296 e. The van der Waals surface area contributed by atoms with Gasteiger partial charge in [-0.05, 0) is 86.3 Å². The van der Waals surface area contributed by atoms with Crippen molar-refractivity contribution in [1.82, 2.24) is 4.98 Å². The van der Waals surface area contributed by atoms with Crippen molar-refractivity contribution in [2.24, 2.45) is 0 Å². The second-order valence-corrected chi connectivity index (χ2v) is 8.54. The number of ether oxygens (including phenoxy) is 1. The molecule has 7 nitrogen and oxygen atoms in total. The molecule has 1 N–H and O–H groups in total. The Labute approximate surface area is 196 Å². The van der Waals surface area contributed by atoms with Crippen LogP contribution in [0.5, 0.6) is 11.5 Å². The molecule has 7 heteroatoms. The standard InChI is InChI=1S/C27H24N2O5/c1-5-33-21-13-17(6-7-19(21)30)24-23-25(31)18-11-15(3)16(4)12-20(18)34-26(23)27(32)29(24)22-10-14(2)8-9-28-22/h6-13,24,30H,5H2,1-4H3. The molecule has 1 amide bonds. The van der Waals surface area contributed by atoms with Crippen LogP contribution in [0.2, 0.25) is 0 Å². The van der Waals surface area contributed by atoms with E-state index in [0.29, 0.717) is 29.0 Å². The number of hydrogen-bond donors (Lipinski definition) is 1. The van der Waals surface area contributed by atoms with E-state index < -0.39 is 11.9 Å². The first-order valence-electron chi connectivity index (χ1n) is 11.1. The highest BCUT2D eigenvalue weighted by atomic mass is 16.5. The average Bonchev–Trinajstić information content (AvgIpc) is 3.09. The predicted molar refractivity (Wildman–Crippen MR) is 129 cm³/mol. The Kier molecular flexibility index (Phi) is 5.12. The van der Waals surface area contributed by atoms with Crippen molar-refractivity contribution in [3.05, 3.63) is 92.5 Å². The summed E-state index contributed by atoms with van der Waals surface area (Å²) in [5.41, 5.74) is 3.81. The van der Waals surface area contributed by atoms with Gasteiger partial charge in [0.15, 0.2) is 16.9 Å². The van der Waals surface area contributed by atoms with Gasteiger partial charge in [0.1, 0.15) is 11.4 Å². The number of phenolic OH excluding ortho intramolecular Hbond substituents is 1. The smallest absolute Gasteiger partial charge is 0.296 e. The van der Waals surface area contributed by atoms with E-state index in [1.165, 1.54) is 11.0 Å². The van der Waals surface area contributed by atoms with Crippen molar-refractivity contribution in [2.45, 2.75) is 33.7 Å². The molecule has 0 radical (unpaired) electrons. The van der Waals surface area contributed by atoms with Crippen molar-refractivity contribution in [3.8, 4) is 11.5 Å². The Balaban J connectivity index is 1.82.